The van der Waals surface area contributed by atoms with Gasteiger partial charge in [0.25, 0.3) is 0 Å². The summed E-state index contributed by atoms with van der Waals surface area (Å²) in [5, 5.41) is 13.8. The molecule has 0 saturated carbocycles. The summed E-state index contributed by atoms with van der Waals surface area (Å²) >= 11 is 6.09. The molecule has 0 aromatic heterocycles. The van der Waals surface area contributed by atoms with E-state index in [4.69, 9.17) is 21.1 Å². The molecule has 1 atom stereocenters. The maximum atomic E-state index is 14.1. The SMILES string of the molecule is COc1cccc(CNC[C@@H](O)c2ccccc2)c1OCc1c(F)cccc1Cl. The van der Waals surface area contributed by atoms with Gasteiger partial charge in [0.2, 0.25) is 0 Å². The van der Waals surface area contributed by atoms with Crippen LogP contribution in [-0.4, -0.2) is 18.8 Å². The number of halogens is 2. The van der Waals surface area contributed by atoms with Crippen LogP contribution in [0.25, 0.3) is 0 Å². The van der Waals surface area contributed by atoms with Gasteiger partial charge in [0.1, 0.15) is 12.4 Å². The standard InChI is InChI=1S/C23H23ClFNO3/c1-28-22-12-5-9-17(13-26-14-21(27)16-7-3-2-4-8-16)23(22)29-15-18-19(24)10-6-11-20(18)25/h2-12,21,26-27H,13-15H2,1H3/t21-/m1/s1. The molecule has 0 aliphatic carbocycles. The smallest absolute Gasteiger partial charge is 0.166 e. The van der Waals surface area contributed by atoms with Crippen LogP contribution in [0.3, 0.4) is 0 Å². The lowest BCUT2D eigenvalue weighted by molar-refractivity contribution is 0.174. The van der Waals surface area contributed by atoms with E-state index in [9.17, 15) is 9.50 Å². The van der Waals surface area contributed by atoms with E-state index in [0.29, 0.717) is 35.2 Å². The van der Waals surface area contributed by atoms with Gasteiger partial charge in [-0.2, -0.15) is 0 Å². The fourth-order valence-corrected chi connectivity index (χ4v) is 3.19. The monoisotopic (exact) mass is 415 g/mol. The summed E-state index contributed by atoms with van der Waals surface area (Å²) in [4.78, 5) is 0. The van der Waals surface area contributed by atoms with Gasteiger partial charge in [-0.25, -0.2) is 4.39 Å². The Hall–Kier alpha value is -2.60. The Morgan fingerprint density at radius 1 is 1.03 bits per heavy atom. The first-order valence-corrected chi connectivity index (χ1v) is 9.63. The number of aliphatic hydroxyl groups is 1. The van der Waals surface area contributed by atoms with E-state index >= 15 is 0 Å². The molecule has 4 nitrogen and oxygen atoms in total. The molecule has 2 N–H and O–H groups in total. The van der Waals surface area contributed by atoms with E-state index < -0.39 is 11.9 Å². The summed E-state index contributed by atoms with van der Waals surface area (Å²) in [5.41, 5.74) is 1.96. The van der Waals surface area contributed by atoms with Crippen molar-refractivity contribution in [3.05, 3.63) is 94.3 Å². The van der Waals surface area contributed by atoms with Crippen LogP contribution in [0.4, 0.5) is 4.39 Å². The second-order valence-electron chi connectivity index (χ2n) is 6.49. The van der Waals surface area contributed by atoms with E-state index in [1.54, 1.807) is 25.3 Å². The second-order valence-corrected chi connectivity index (χ2v) is 6.90. The molecule has 0 spiro atoms. The molecule has 0 aliphatic heterocycles. The van der Waals surface area contributed by atoms with Crippen LogP contribution >= 0.6 is 11.6 Å². The van der Waals surface area contributed by atoms with E-state index in [1.807, 2.05) is 42.5 Å². The molecule has 3 aromatic carbocycles. The molecular weight excluding hydrogens is 393 g/mol. The highest BCUT2D eigenvalue weighted by Crippen LogP contribution is 2.33. The molecule has 0 heterocycles. The van der Waals surface area contributed by atoms with Crippen molar-refractivity contribution in [3.63, 3.8) is 0 Å². The van der Waals surface area contributed by atoms with Gasteiger partial charge in [0.05, 0.1) is 18.2 Å². The third-order valence-electron chi connectivity index (χ3n) is 4.54. The number of methoxy groups -OCH3 is 1. The number of aliphatic hydroxyl groups excluding tert-OH is 1. The van der Waals surface area contributed by atoms with Gasteiger partial charge >= 0.3 is 0 Å². The van der Waals surface area contributed by atoms with Crippen molar-refractivity contribution in [1.29, 1.82) is 0 Å². The zero-order valence-corrected chi connectivity index (χ0v) is 16.8. The van der Waals surface area contributed by atoms with Gasteiger partial charge in [-0.15, -0.1) is 0 Å². The molecule has 0 fully saturated rings. The van der Waals surface area contributed by atoms with Crippen LogP contribution in [0.1, 0.15) is 22.8 Å². The first-order valence-electron chi connectivity index (χ1n) is 9.25. The third kappa shape index (κ3) is 5.48. The maximum Gasteiger partial charge on any atom is 0.166 e. The molecule has 152 valence electrons. The minimum Gasteiger partial charge on any atom is -0.493 e. The fourth-order valence-electron chi connectivity index (χ4n) is 2.98. The Balaban J connectivity index is 1.69. The van der Waals surface area contributed by atoms with Crippen LogP contribution in [0.5, 0.6) is 11.5 Å². The Labute approximate surface area is 174 Å². The molecule has 3 rings (SSSR count). The molecule has 0 saturated heterocycles. The van der Waals surface area contributed by atoms with E-state index in [2.05, 4.69) is 5.32 Å². The largest absolute Gasteiger partial charge is 0.493 e. The van der Waals surface area contributed by atoms with Crippen molar-refractivity contribution in [2.45, 2.75) is 19.3 Å². The van der Waals surface area contributed by atoms with Crippen molar-refractivity contribution >= 4 is 11.6 Å². The predicted octanol–water partition coefficient (Wildman–Crippen LogP) is 4.89. The minimum atomic E-state index is -0.622. The first-order chi connectivity index (χ1) is 14.1. The molecular formula is C23H23ClFNO3. The second kappa shape index (κ2) is 10.3. The normalized spacial score (nSPS) is 11.9. The van der Waals surface area contributed by atoms with Crippen LogP contribution in [0, 0.1) is 5.82 Å². The number of rotatable bonds is 9. The maximum absolute atomic E-state index is 14.1. The Morgan fingerprint density at radius 2 is 1.79 bits per heavy atom. The van der Waals surface area contributed by atoms with Crippen LogP contribution in [0.2, 0.25) is 5.02 Å². The van der Waals surface area contributed by atoms with Gasteiger partial charge < -0.3 is 19.9 Å². The Morgan fingerprint density at radius 3 is 2.52 bits per heavy atom. The van der Waals surface area contributed by atoms with Crippen LogP contribution < -0.4 is 14.8 Å². The molecule has 6 heteroatoms. The number of para-hydroxylation sites is 1. The minimum absolute atomic E-state index is 0.0223. The summed E-state index contributed by atoms with van der Waals surface area (Å²) in [6.45, 7) is 0.798. The quantitative estimate of drug-likeness (QED) is 0.522. The van der Waals surface area contributed by atoms with E-state index in [1.165, 1.54) is 6.07 Å². The molecule has 3 aromatic rings. The molecule has 0 unspecified atom stereocenters. The lowest BCUT2D eigenvalue weighted by Gasteiger charge is -2.17. The highest BCUT2D eigenvalue weighted by Gasteiger charge is 2.14. The van der Waals surface area contributed by atoms with Crippen molar-refractivity contribution < 1.29 is 19.0 Å². The summed E-state index contributed by atoms with van der Waals surface area (Å²) < 4.78 is 25.4. The molecule has 0 bridgehead atoms. The molecule has 0 amide bonds. The van der Waals surface area contributed by atoms with Crippen LogP contribution in [-0.2, 0) is 13.2 Å². The first kappa shape index (κ1) is 21.1. The zero-order chi connectivity index (χ0) is 20.6. The average Bonchev–Trinajstić information content (AvgIpc) is 2.74. The van der Waals surface area contributed by atoms with Gasteiger partial charge in [-0.05, 0) is 23.8 Å². The molecule has 0 aliphatic rings. The average molecular weight is 416 g/mol. The number of ether oxygens (including phenoxy) is 2. The summed E-state index contributed by atoms with van der Waals surface area (Å²) in [5.74, 6) is 0.634. The molecule has 0 radical (unpaired) electrons. The fraction of sp³-hybridized carbons (Fsp3) is 0.217. The lowest BCUT2D eigenvalue weighted by Crippen LogP contribution is -2.21. The topological polar surface area (TPSA) is 50.7 Å². The number of nitrogens with one attached hydrogen (secondary N) is 1. The number of benzene rings is 3. The van der Waals surface area contributed by atoms with Crippen molar-refractivity contribution in [2.75, 3.05) is 13.7 Å². The van der Waals surface area contributed by atoms with Crippen molar-refractivity contribution in [2.24, 2.45) is 0 Å². The van der Waals surface area contributed by atoms with Crippen molar-refractivity contribution in [3.8, 4) is 11.5 Å². The highest BCUT2D eigenvalue weighted by atomic mass is 35.5. The lowest BCUT2D eigenvalue weighted by atomic mass is 10.1. The Kier molecular flexibility index (Phi) is 7.47. The van der Waals surface area contributed by atoms with Gasteiger partial charge in [0.15, 0.2) is 11.5 Å². The summed E-state index contributed by atoms with van der Waals surface area (Å²) in [6, 6.07) is 19.5. The molecule has 29 heavy (non-hydrogen) atoms. The summed E-state index contributed by atoms with van der Waals surface area (Å²) in [6.07, 6.45) is -0.622. The van der Waals surface area contributed by atoms with Crippen LogP contribution in [0.15, 0.2) is 66.7 Å². The van der Waals surface area contributed by atoms with Gasteiger partial charge in [-0.1, -0.05) is 60.1 Å². The third-order valence-corrected chi connectivity index (χ3v) is 4.89. The van der Waals surface area contributed by atoms with Crippen molar-refractivity contribution in [1.82, 2.24) is 5.32 Å². The Bertz CT molecular complexity index is 916. The predicted molar refractivity (Wildman–Crippen MR) is 112 cm³/mol. The highest BCUT2D eigenvalue weighted by molar-refractivity contribution is 6.31. The number of hydrogen-bond acceptors (Lipinski definition) is 4. The van der Waals surface area contributed by atoms with Gasteiger partial charge in [-0.3, -0.25) is 0 Å². The van der Waals surface area contributed by atoms with Gasteiger partial charge in [0, 0.05) is 24.2 Å². The summed E-state index contributed by atoms with van der Waals surface area (Å²) in [7, 11) is 1.55. The van der Waals surface area contributed by atoms with E-state index in [-0.39, 0.29) is 6.61 Å². The zero-order valence-electron chi connectivity index (χ0n) is 16.1. The van der Waals surface area contributed by atoms with E-state index in [0.717, 1.165) is 11.1 Å². The number of hydrogen-bond donors (Lipinski definition) is 2.